The van der Waals surface area contributed by atoms with Crippen LogP contribution in [0.15, 0.2) is 29.2 Å². The van der Waals surface area contributed by atoms with Gasteiger partial charge in [-0.15, -0.1) is 0 Å². The molecule has 1 aromatic carbocycles. The molecule has 1 aliphatic heterocycles. The van der Waals surface area contributed by atoms with Crippen LogP contribution in [0.3, 0.4) is 0 Å². The number of methoxy groups -OCH3 is 1. The lowest BCUT2D eigenvalue weighted by Crippen LogP contribution is -2.54. The molecule has 3 amide bonds. The van der Waals surface area contributed by atoms with Crippen LogP contribution >= 0.6 is 0 Å². The lowest BCUT2D eigenvalue weighted by molar-refractivity contribution is -0.139. The summed E-state index contributed by atoms with van der Waals surface area (Å²) in [4.78, 5) is 48.3. The number of Topliss-reactive ketones (excluding diaryl/α,β-unsaturated/α-hetero) is 1. The minimum Gasteiger partial charge on any atom is -0.497 e. The first-order valence-electron chi connectivity index (χ1n) is 10.5. The molecular weight excluding hydrogens is 452 g/mol. The van der Waals surface area contributed by atoms with E-state index in [4.69, 9.17) is 10.5 Å². The third kappa shape index (κ3) is 6.99. The van der Waals surface area contributed by atoms with Crippen LogP contribution in [0.2, 0.25) is 0 Å². The Balaban J connectivity index is 2.11. The molecule has 0 bridgehead atoms. The Morgan fingerprint density at radius 2 is 1.85 bits per heavy atom. The second-order valence-electron chi connectivity index (χ2n) is 8.20. The van der Waals surface area contributed by atoms with Gasteiger partial charge in [-0.2, -0.15) is 4.31 Å². The fraction of sp³-hybridized carbons (Fsp3) is 0.524. The molecule has 2 atom stereocenters. The summed E-state index contributed by atoms with van der Waals surface area (Å²) in [6, 6.07) is 3.87. The van der Waals surface area contributed by atoms with Crippen LogP contribution in [-0.2, 0) is 29.2 Å². The maximum absolute atomic E-state index is 13.0. The number of nitrogens with zero attached hydrogens (tertiary/aromatic N) is 1. The van der Waals surface area contributed by atoms with Crippen molar-refractivity contribution in [2.75, 3.05) is 20.2 Å². The summed E-state index contributed by atoms with van der Waals surface area (Å²) in [5.41, 5.74) is 4.96. The van der Waals surface area contributed by atoms with E-state index in [1.807, 2.05) is 13.8 Å². The highest BCUT2D eigenvalue weighted by molar-refractivity contribution is 7.89. The summed E-state index contributed by atoms with van der Waals surface area (Å²) >= 11 is 0. The summed E-state index contributed by atoms with van der Waals surface area (Å²) < 4.78 is 32.1. The van der Waals surface area contributed by atoms with Gasteiger partial charge >= 0.3 is 11.8 Å². The SMILES string of the molecule is COc1ccc(S(=O)(=O)N2CCCC(NC(=O)[C@H](CC(C)C)NC(=O)C(N)=O)C(=O)C2)cc1. The molecule has 1 saturated heterocycles. The van der Waals surface area contributed by atoms with Gasteiger partial charge in [0.1, 0.15) is 11.8 Å². The maximum atomic E-state index is 13.0. The quantitative estimate of drug-likeness (QED) is 0.422. The van der Waals surface area contributed by atoms with Gasteiger partial charge in [-0.25, -0.2) is 8.42 Å². The lowest BCUT2D eigenvalue weighted by Gasteiger charge is -2.23. The Kier molecular flexibility index (Phi) is 8.94. The minimum atomic E-state index is -3.92. The molecule has 0 aliphatic carbocycles. The molecule has 12 heteroatoms. The Hall–Kier alpha value is -2.99. The van der Waals surface area contributed by atoms with Crippen LogP contribution in [0.5, 0.6) is 5.75 Å². The van der Waals surface area contributed by atoms with Crippen LogP contribution in [0, 0.1) is 5.92 Å². The zero-order valence-electron chi connectivity index (χ0n) is 18.9. The number of carbonyl (C=O) groups is 4. The van der Waals surface area contributed by atoms with Crippen molar-refractivity contribution in [1.82, 2.24) is 14.9 Å². The standard InChI is InChI=1S/C21H30N4O7S/c1-13(2)11-17(24-21(29)19(22)27)20(28)23-16-5-4-10-25(12-18(16)26)33(30,31)15-8-6-14(32-3)7-9-15/h6-9,13,16-17H,4-5,10-12H2,1-3H3,(H2,22,27)(H,23,28)(H,24,29)/t16?,17-/m0/s1. The van der Waals surface area contributed by atoms with E-state index in [0.29, 0.717) is 12.2 Å². The average molecular weight is 483 g/mol. The molecule has 1 unspecified atom stereocenters. The van der Waals surface area contributed by atoms with Gasteiger partial charge in [-0.1, -0.05) is 13.8 Å². The van der Waals surface area contributed by atoms with Gasteiger partial charge in [0.2, 0.25) is 15.9 Å². The number of nitrogens with one attached hydrogen (secondary N) is 2. The first kappa shape index (κ1) is 26.3. The smallest absolute Gasteiger partial charge is 0.309 e. The van der Waals surface area contributed by atoms with Crippen molar-refractivity contribution in [2.45, 2.75) is 50.1 Å². The van der Waals surface area contributed by atoms with E-state index in [1.165, 1.54) is 31.4 Å². The van der Waals surface area contributed by atoms with Crippen LogP contribution in [0.4, 0.5) is 0 Å². The molecule has 0 radical (unpaired) electrons. The van der Waals surface area contributed by atoms with Gasteiger partial charge in [0.15, 0.2) is 5.78 Å². The van der Waals surface area contributed by atoms with Gasteiger partial charge in [-0.05, 0) is 49.4 Å². The van der Waals surface area contributed by atoms with Crippen LogP contribution in [0.25, 0.3) is 0 Å². The van der Waals surface area contributed by atoms with Crippen molar-refractivity contribution in [3.05, 3.63) is 24.3 Å². The molecule has 1 aromatic rings. The zero-order chi connectivity index (χ0) is 24.8. The van der Waals surface area contributed by atoms with Crippen molar-refractivity contribution in [3.8, 4) is 5.75 Å². The summed E-state index contributed by atoms with van der Waals surface area (Å²) in [5, 5.41) is 4.87. The maximum Gasteiger partial charge on any atom is 0.309 e. The number of hydrogen-bond donors (Lipinski definition) is 3. The average Bonchev–Trinajstić information content (AvgIpc) is 2.94. The number of carbonyl (C=O) groups excluding carboxylic acids is 4. The number of hydrogen-bond acceptors (Lipinski definition) is 7. The predicted molar refractivity (Wildman–Crippen MR) is 119 cm³/mol. The van der Waals surface area contributed by atoms with E-state index in [0.717, 1.165) is 4.31 Å². The van der Waals surface area contributed by atoms with E-state index < -0.39 is 52.2 Å². The molecule has 1 heterocycles. The molecule has 1 fully saturated rings. The number of primary amides is 1. The number of rotatable bonds is 8. The Bertz CT molecular complexity index is 992. The van der Waals surface area contributed by atoms with Gasteiger partial charge in [0, 0.05) is 6.54 Å². The fourth-order valence-corrected chi connectivity index (χ4v) is 4.90. The number of nitrogens with two attached hydrogens (primary N) is 1. The van der Waals surface area contributed by atoms with Crippen LogP contribution in [0.1, 0.15) is 33.1 Å². The van der Waals surface area contributed by atoms with Crippen molar-refractivity contribution in [2.24, 2.45) is 11.7 Å². The van der Waals surface area contributed by atoms with Gasteiger partial charge in [0.05, 0.1) is 24.6 Å². The second kappa shape index (κ2) is 11.2. The summed E-state index contributed by atoms with van der Waals surface area (Å²) in [5.74, 6) is -2.92. The van der Waals surface area contributed by atoms with Crippen molar-refractivity contribution < 1.29 is 32.3 Å². The Morgan fingerprint density at radius 1 is 1.21 bits per heavy atom. The molecule has 2 rings (SSSR count). The number of sulfonamides is 1. The van der Waals surface area contributed by atoms with E-state index >= 15 is 0 Å². The number of amides is 3. The highest BCUT2D eigenvalue weighted by Crippen LogP contribution is 2.22. The summed E-state index contributed by atoms with van der Waals surface area (Å²) in [6.45, 7) is 3.37. The lowest BCUT2D eigenvalue weighted by atomic mass is 10.0. The normalized spacial score (nSPS) is 18.3. The van der Waals surface area contributed by atoms with Gasteiger partial charge in [0.25, 0.3) is 0 Å². The molecular formula is C21H30N4O7S. The summed E-state index contributed by atoms with van der Waals surface area (Å²) in [6.07, 6.45) is 0.801. The molecule has 1 aliphatic rings. The molecule has 182 valence electrons. The highest BCUT2D eigenvalue weighted by Gasteiger charge is 2.34. The number of ketones is 1. The topological polar surface area (TPSA) is 165 Å². The number of benzene rings is 1. The first-order chi connectivity index (χ1) is 15.4. The van der Waals surface area contributed by atoms with Crippen molar-refractivity contribution in [3.63, 3.8) is 0 Å². The largest absolute Gasteiger partial charge is 0.497 e. The minimum absolute atomic E-state index is 0.00360. The van der Waals surface area contributed by atoms with E-state index in [2.05, 4.69) is 10.6 Å². The third-order valence-electron chi connectivity index (χ3n) is 5.19. The predicted octanol–water partition coefficient (Wildman–Crippen LogP) is -0.450. The molecule has 0 saturated carbocycles. The fourth-order valence-electron chi connectivity index (χ4n) is 3.46. The highest BCUT2D eigenvalue weighted by atomic mass is 32.2. The van der Waals surface area contributed by atoms with E-state index in [1.54, 1.807) is 0 Å². The molecule has 0 aromatic heterocycles. The molecule has 11 nitrogen and oxygen atoms in total. The molecule has 4 N–H and O–H groups in total. The monoisotopic (exact) mass is 482 g/mol. The molecule has 0 spiro atoms. The van der Waals surface area contributed by atoms with E-state index in [9.17, 15) is 27.6 Å². The van der Waals surface area contributed by atoms with E-state index in [-0.39, 0.29) is 30.2 Å². The first-order valence-corrected chi connectivity index (χ1v) is 12.0. The Labute approximate surface area is 193 Å². The van der Waals surface area contributed by atoms with Crippen molar-refractivity contribution >= 4 is 33.5 Å². The van der Waals surface area contributed by atoms with Crippen LogP contribution in [-0.4, -0.2) is 68.5 Å². The van der Waals surface area contributed by atoms with Gasteiger partial charge in [-0.3, -0.25) is 19.2 Å². The van der Waals surface area contributed by atoms with Crippen LogP contribution < -0.4 is 21.1 Å². The summed E-state index contributed by atoms with van der Waals surface area (Å²) in [7, 11) is -2.45. The van der Waals surface area contributed by atoms with Gasteiger partial charge < -0.3 is 21.1 Å². The number of ether oxygens (including phenoxy) is 1. The van der Waals surface area contributed by atoms with Crippen molar-refractivity contribution in [1.29, 1.82) is 0 Å². The Morgan fingerprint density at radius 3 is 2.39 bits per heavy atom. The third-order valence-corrected chi connectivity index (χ3v) is 7.05. The zero-order valence-corrected chi connectivity index (χ0v) is 19.7. The second-order valence-corrected chi connectivity index (χ2v) is 10.1. The molecule has 33 heavy (non-hydrogen) atoms.